The number of aryl methyl sites for hydroxylation is 1. The van der Waals surface area contributed by atoms with Crippen molar-refractivity contribution in [1.82, 2.24) is 5.32 Å². The van der Waals surface area contributed by atoms with Gasteiger partial charge in [0, 0.05) is 16.6 Å². The first-order valence-corrected chi connectivity index (χ1v) is 6.88. The molecular weight excluding hydrogens is 290 g/mol. The number of rotatable bonds is 5. The Balaban J connectivity index is 2.45. The number of hydrogen-bond acceptors (Lipinski definition) is 2. The van der Waals surface area contributed by atoms with Crippen LogP contribution in [0.3, 0.4) is 0 Å². The molecule has 1 rings (SSSR count). The highest BCUT2D eigenvalue weighted by atomic mass is 79.9. The largest absolute Gasteiger partial charge is 0.489 e. The van der Waals surface area contributed by atoms with Crippen LogP contribution in [0, 0.1) is 6.92 Å². The van der Waals surface area contributed by atoms with Crippen LogP contribution in [0.5, 0.6) is 5.75 Å². The summed E-state index contributed by atoms with van der Waals surface area (Å²) in [5.74, 6) is 0.904. The summed E-state index contributed by atoms with van der Waals surface area (Å²) in [6, 6.07) is 6.04. The van der Waals surface area contributed by atoms with E-state index in [2.05, 4.69) is 48.6 Å². The predicted octanol–water partition coefficient (Wildman–Crippen LogP) is 4.08. The molecule has 0 fully saturated rings. The Hall–Kier alpha value is -0.800. The van der Waals surface area contributed by atoms with E-state index in [-0.39, 0.29) is 5.54 Å². The van der Waals surface area contributed by atoms with E-state index in [9.17, 15) is 0 Å². The fraction of sp³-hybridized carbons (Fsp3) is 0.467. The molecule has 2 nitrogen and oxygen atoms in total. The van der Waals surface area contributed by atoms with E-state index in [1.54, 1.807) is 0 Å². The molecule has 3 heteroatoms. The molecule has 0 aliphatic heterocycles. The van der Waals surface area contributed by atoms with Gasteiger partial charge in [0.15, 0.2) is 0 Å². The third-order valence-corrected chi connectivity index (χ3v) is 2.94. The van der Waals surface area contributed by atoms with Gasteiger partial charge in [-0.3, -0.25) is 0 Å². The van der Waals surface area contributed by atoms with Crippen LogP contribution < -0.4 is 10.1 Å². The third-order valence-electron chi connectivity index (χ3n) is 2.45. The van der Waals surface area contributed by atoms with Crippen LogP contribution in [-0.2, 0) is 0 Å². The van der Waals surface area contributed by atoms with Crippen molar-refractivity contribution in [3.05, 3.63) is 40.4 Å². The van der Waals surface area contributed by atoms with Gasteiger partial charge in [-0.2, -0.15) is 0 Å². The van der Waals surface area contributed by atoms with Crippen molar-refractivity contribution in [3.8, 4) is 5.75 Å². The zero-order valence-electron chi connectivity index (χ0n) is 11.6. The summed E-state index contributed by atoms with van der Waals surface area (Å²) in [6.45, 7) is 13.8. The normalized spacial score (nSPS) is 11.4. The number of ether oxygens (including phenoxy) is 1. The molecule has 0 radical (unpaired) electrons. The second-order valence-electron chi connectivity index (χ2n) is 5.55. The lowest BCUT2D eigenvalue weighted by Gasteiger charge is -2.21. The molecule has 0 aromatic heterocycles. The molecule has 0 bridgehead atoms. The van der Waals surface area contributed by atoms with Gasteiger partial charge in [0.1, 0.15) is 12.4 Å². The van der Waals surface area contributed by atoms with Gasteiger partial charge in [0.25, 0.3) is 0 Å². The van der Waals surface area contributed by atoms with Gasteiger partial charge < -0.3 is 10.1 Å². The Morgan fingerprint density at radius 1 is 1.39 bits per heavy atom. The smallest absolute Gasteiger partial charge is 0.123 e. The first kappa shape index (κ1) is 15.3. The maximum atomic E-state index is 5.78. The van der Waals surface area contributed by atoms with Gasteiger partial charge >= 0.3 is 0 Å². The minimum atomic E-state index is 0.106. The summed E-state index contributed by atoms with van der Waals surface area (Å²) in [4.78, 5) is 0. The monoisotopic (exact) mass is 311 g/mol. The van der Waals surface area contributed by atoms with Crippen LogP contribution in [0.15, 0.2) is 34.8 Å². The standard InChI is InChI=1S/C15H22BrNO/c1-11(9-17-15(3,4)5)10-18-14-8-13(16)7-6-12(14)2/h6-8,17H,1,9-10H2,2-5H3. The zero-order chi connectivity index (χ0) is 13.8. The van der Waals surface area contributed by atoms with Gasteiger partial charge in [-0.15, -0.1) is 0 Å². The molecule has 1 N–H and O–H groups in total. The molecule has 0 aliphatic rings. The number of halogens is 1. The highest BCUT2D eigenvalue weighted by molar-refractivity contribution is 9.10. The fourth-order valence-electron chi connectivity index (χ4n) is 1.35. The zero-order valence-corrected chi connectivity index (χ0v) is 13.2. The molecule has 0 unspecified atom stereocenters. The minimum absolute atomic E-state index is 0.106. The van der Waals surface area contributed by atoms with E-state index in [1.807, 2.05) is 25.1 Å². The van der Waals surface area contributed by atoms with Crippen LogP contribution in [0.4, 0.5) is 0 Å². The van der Waals surface area contributed by atoms with Crippen molar-refractivity contribution in [1.29, 1.82) is 0 Å². The lowest BCUT2D eigenvalue weighted by molar-refractivity contribution is 0.339. The first-order chi connectivity index (χ1) is 8.28. The van der Waals surface area contributed by atoms with E-state index in [4.69, 9.17) is 4.74 Å². The second kappa shape index (κ2) is 6.39. The fourth-order valence-corrected chi connectivity index (χ4v) is 1.69. The average Bonchev–Trinajstić information content (AvgIpc) is 2.26. The van der Waals surface area contributed by atoms with Gasteiger partial charge in [0.05, 0.1) is 0 Å². The third kappa shape index (κ3) is 5.69. The van der Waals surface area contributed by atoms with Crippen molar-refractivity contribution >= 4 is 15.9 Å². The molecule has 0 heterocycles. The molecule has 100 valence electrons. The van der Waals surface area contributed by atoms with Crippen LogP contribution >= 0.6 is 15.9 Å². The maximum absolute atomic E-state index is 5.78. The number of benzene rings is 1. The van der Waals surface area contributed by atoms with Crippen molar-refractivity contribution in [2.24, 2.45) is 0 Å². The second-order valence-corrected chi connectivity index (χ2v) is 6.47. The van der Waals surface area contributed by atoms with E-state index in [1.165, 1.54) is 0 Å². The molecule has 1 aromatic rings. The van der Waals surface area contributed by atoms with Crippen molar-refractivity contribution in [3.63, 3.8) is 0 Å². The van der Waals surface area contributed by atoms with E-state index in [0.717, 1.165) is 27.9 Å². The van der Waals surface area contributed by atoms with Crippen molar-refractivity contribution < 1.29 is 4.74 Å². The lowest BCUT2D eigenvalue weighted by atomic mass is 10.1. The molecule has 0 spiro atoms. The summed E-state index contributed by atoms with van der Waals surface area (Å²) in [6.07, 6.45) is 0. The van der Waals surface area contributed by atoms with Crippen LogP contribution in [0.25, 0.3) is 0 Å². The van der Waals surface area contributed by atoms with Gasteiger partial charge in [-0.25, -0.2) is 0 Å². The molecule has 1 aromatic carbocycles. The Bertz CT molecular complexity index is 421. The van der Waals surface area contributed by atoms with E-state index in [0.29, 0.717) is 6.61 Å². The molecule has 0 amide bonds. The number of hydrogen-bond donors (Lipinski definition) is 1. The van der Waals surface area contributed by atoms with Gasteiger partial charge in [-0.05, 0) is 51.0 Å². The summed E-state index contributed by atoms with van der Waals surface area (Å²) in [5, 5.41) is 3.40. The quantitative estimate of drug-likeness (QED) is 0.827. The first-order valence-electron chi connectivity index (χ1n) is 6.08. The summed E-state index contributed by atoms with van der Waals surface area (Å²) < 4.78 is 6.80. The van der Waals surface area contributed by atoms with Crippen LogP contribution in [0.1, 0.15) is 26.3 Å². The molecule has 18 heavy (non-hydrogen) atoms. The lowest BCUT2D eigenvalue weighted by Crippen LogP contribution is -2.37. The molecule has 0 saturated heterocycles. The summed E-state index contributed by atoms with van der Waals surface area (Å²) >= 11 is 3.45. The maximum Gasteiger partial charge on any atom is 0.123 e. The van der Waals surface area contributed by atoms with E-state index < -0.39 is 0 Å². The number of nitrogens with one attached hydrogen (secondary N) is 1. The van der Waals surface area contributed by atoms with Crippen molar-refractivity contribution in [2.75, 3.05) is 13.2 Å². The average molecular weight is 312 g/mol. The van der Waals surface area contributed by atoms with Crippen LogP contribution in [-0.4, -0.2) is 18.7 Å². The predicted molar refractivity (Wildman–Crippen MR) is 81.3 cm³/mol. The SMILES string of the molecule is C=C(CNC(C)(C)C)COc1cc(Br)ccc1C. The molecular formula is C15H22BrNO. The highest BCUT2D eigenvalue weighted by Crippen LogP contribution is 2.23. The van der Waals surface area contributed by atoms with Gasteiger partial charge in [-0.1, -0.05) is 28.6 Å². The Morgan fingerprint density at radius 3 is 2.67 bits per heavy atom. The highest BCUT2D eigenvalue weighted by Gasteiger charge is 2.09. The topological polar surface area (TPSA) is 21.3 Å². The molecule has 0 aliphatic carbocycles. The Kier molecular flexibility index (Phi) is 5.42. The Morgan fingerprint density at radius 2 is 2.06 bits per heavy atom. The van der Waals surface area contributed by atoms with Crippen LogP contribution in [0.2, 0.25) is 0 Å². The molecule has 0 saturated carbocycles. The minimum Gasteiger partial charge on any atom is -0.489 e. The Labute approximate surface area is 119 Å². The molecule has 0 atom stereocenters. The summed E-state index contributed by atoms with van der Waals surface area (Å²) in [7, 11) is 0. The van der Waals surface area contributed by atoms with Crippen molar-refractivity contribution in [2.45, 2.75) is 33.2 Å². The van der Waals surface area contributed by atoms with Gasteiger partial charge in [0.2, 0.25) is 0 Å². The van der Waals surface area contributed by atoms with E-state index >= 15 is 0 Å². The summed E-state index contributed by atoms with van der Waals surface area (Å²) in [5.41, 5.74) is 2.29.